The number of carbonyl (C=O) groups excluding carboxylic acids is 4. The molecule has 3 aromatic rings. The van der Waals surface area contributed by atoms with Gasteiger partial charge in [-0.25, -0.2) is 4.79 Å². The Bertz CT molecular complexity index is 1610. The Morgan fingerprint density at radius 2 is 1.57 bits per heavy atom. The lowest BCUT2D eigenvalue weighted by Gasteiger charge is -2.36. The minimum atomic E-state index is -1.54. The van der Waals surface area contributed by atoms with E-state index in [0.29, 0.717) is 18.4 Å². The van der Waals surface area contributed by atoms with Gasteiger partial charge >= 0.3 is 5.97 Å². The normalized spacial score (nSPS) is 17.4. The van der Waals surface area contributed by atoms with Crippen LogP contribution in [0.5, 0.6) is 0 Å². The molecule has 0 radical (unpaired) electrons. The van der Waals surface area contributed by atoms with Gasteiger partial charge in [0.05, 0.1) is 12.1 Å². The van der Waals surface area contributed by atoms with Crippen molar-refractivity contribution in [3.63, 3.8) is 0 Å². The molecule has 4 atom stereocenters. The average Bonchev–Trinajstić information content (AvgIpc) is 3.08. The van der Waals surface area contributed by atoms with Gasteiger partial charge in [-0.2, -0.15) is 0 Å². The molecule has 3 N–H and O–H groups in total. The summed E-state index contributed by atoms with van der Waals surface area (Å²) in [6.45, 7) is 7.62. The van der Waals surface area contributed by atoms with Crippen LogP contribution in [0.15, 0.2) is 66.7 Å². The second kappa shape index (κ2) is 16.4. The zero-order valence-corrected chi connectivity index (χ0v) is 29.2. The van der Waals surface area contributed by atoms with Crippen LogP contribution in [-0.2, 0) is 32.1 Å². The molecular formula is C40H51N3O6. The number of carbonyl (C=O) groups is 4. The van der Waals surface area contributed by atoms with E-state index in [9.17, 15) is 24.3 Å². The first-order chi connectivity index (χ1) is 23.5. The molecule has 1 fully saturated rings. The molecule has 1 aliphatic heterocycles. The lowest BCUT2D eigenvalue weighted by molar-refractivity contribution is -0.159. The summed E-state index contributed by atoms with van der Waals surface area (Å²) >= 11 is 0. The number of benzene rings is 3. The number of hydrogen-bond donors (Lipinski definition) is 3. The minimum absolute atomic E-state index is 0.0392. The van der Waals surface area contributed by atoms with E-state index in [0.717, 1.165) is 54.0 Å². The number of nitrogens with zero attached hydrogens (tertiary/aromatic N) is 1. The third kappa shape index (κ3) is 9.06. The van der Waals surface area contributed by atoms with Crippen molar-refractivity contribution in [2.45, 2.75) is 116 Å². The number of amides is 3. The van der Waals surface area contributed by atoms with Gasteiger partial charge in [0.25, 0.3) is 5.91 Å². The molecule has 0 bridgehead atoms. The van der Waals surface area contributed by atoms with E-state index in [-0.39, 0.29) is 30.7 Å². The smallest absolute Gasteiger partial charge is 0.337 e. The van der Waals surface area contributed by atoms with Crippen LogP contribution < -0.4 is 10.6 Å². The van der Waals surface area contributed by atoms with Gasteiger partial charge in [0.15, 0.2) is 6.10 Å². The van der Waals surface area contributed by atoms with Crippen LogP contribution in [-0.4, -0.2) is 64.0 Å². The van der Waals surface area contributed by atoms with Gasteiger partial charge in [-0.1, -0.05) is 107 Å². The summed E-state index contributed by atoms with van der Waals surface area (Å²) < 4.78 is 5.32. The van der Waals surface area contributed by atoms with Crippen molar-refractivity contribution in [3.05, 3.63) is 83.4 Å². The Morgan fingerprint density at radius 3 is 2.24 bits per heavy atom. The first-order valence-electron chi connectivity index (χ1n) is 17.9. The van der Waals surface area contributed by atoms with E-state index in [1.54, 1.807) is 24.8 Å². The third-order valence-electron chi connectivity index (χ3n) is 9.73. The quantitative estimate of drug-likeness (QED) is 0.189. The van der Waals surface area contributed by atoms with E-state index in [1.807, 2.05) is 74.5 Å². The van der Waals surface area contributed by atoms with Gasteiger partial charge in [0, 0.05) is 18.5 Å². The molecular weight excluding hydrogens is 618 g/mol. The Morgan fingerprint density at radius 1 is 0.878 bits per heavy atom. The second-order valence-corrected chi connectivity index (χ2v) is 14.4. The van der Waals surface area contributed by atoms with Gasteiger partial charge in [0.2, 0.25) is 11.8 Å². The molecule has 2 aliphatic rings. The summed E-state index contributed by atoms with van der Waals surface area (Å²) in [5.74, 6) is -1.62. The van der Waals surface area contributed by atoms with Crippen LogP contribution in [0.2, 0.25) is 0 Å². The molecule has 3 amide bonds. The first-order valence-corrected chi connectivity index (χ1v) is 17.9. The highest BCUT2D eigenvalue weighted by Crippen LogP contribution is 2.32. The summed E-state index contributed by atoms with van der Waals surface area (Å²) in [7, 11) is 0. The van der Waals surface area contributed by atoms with Gasteiger partial charge in [-0.3, -0.25) is 14.4 Å². The van der Waals surface area contributed by atoms with Crippen LogP contribution in [0.4, 0.5) is 0 Å². The van der Waals surface area contributed by atoms with Crippen LogP contribution in [0.25, 0.3) is 10.8 Å². The molecule has 0 aromatic heterocycles. The number of aliphatic hydroxyl groups excluding tert-OH is 1. The highest BCUT2D eigenvalue weighted by molar-refractivity contribution is 6.11. The molecule has 49 heavy (non-hydrogen) atoms. The van der Waals surface area contributed by atoms with Crippen molar-refractivity contribution in [3.8, 4) is 0 Å². The Kier molecular flexibility index (Phi) is 12.1. The minimum Gasteiger partial charge on any atom is -0.461 e. The lowest BCUT2D eigenvalue weighted by Crippen LogP contribution is -2.58. The van der Waals surface area contributed by atoms with Crippen LogP contribution in [0.3, 0.4) is 0 Å². The molecule has 9 nitrogen and oxygen atoms in total. The topological polar surface area (TPSA) is 125 Å². The number of rotatable bonds is 14. The van der Waals surface area contributed by atoms with E-state index in [1.165, 1.54) is 0 Å². The average molecular weight is 670 g/mol. The van der Waals surface area contributed by atoms with Gasteiger partial charge in [-0.15, -0.1) is 0 Å². The van der Waals surface area contributed by atoms with Crippen molar-refractivity contribution in [2.75, 3.05) is 0 Å². The van der Waals surface area contributed by atoms with Crippen molar-refractivity contribution in [1.82, 2.24) is 15.5 Å². The standard InChI is InChI=1S/C40H51N3O6/c1-25(2)21-33(37(45)41-32(22-27-13-7-5-8-14-27)36(44)40(48)49-26(3)4)42-38(46)34(23-28-15-9-6-10-16-28)43-24-30-19-11-17-29-18-12-20-31(35(29)30)39(43)47/h6,9-12,15-20,25-27,32-34,36,44H,5,7-8,13-14,21-24H2,1-4H3,(H,41,45)(H,42,46)/t32-,33-,34-,36?/m0/s1. The van der Waals surface area contributed by atoms with Crippen molar-refractivity contribution in [2.24, 2.45) is 11.8 Å². The van der Waals surface area contributed by atoms with Crippen molar-refractivity contribution >= 4 is 34.5 Å². The Hall–Kier alpha value is -4.24. The SMILES string of the molecule is CC(C)C[C@H](NC(=O)[C@H](Cc1ccccc1)N1Cc2cccc3cccc(c23)C1=O)C(=O)N[C@@H](CC1CCCCC1)C(O)C(=O)OC(C)C. The summed E-state index contributed by atoms with van der Waals surface area (Å²) in [5.41, 5.74) is 2.40. The fourth-order valence-corrected chi connectivity index (χ4v) is 7.34. The summed E-state index contributed by atoms with van der Waals surface area (Å²) in [4.78, 5) is 57.0. The monoisotopic (exact) mass is 669 g/mol. The second-order valence-electron chi connectivity index (χ2n) is 14.4. The summed E-state index contributed by atoms with van der Waals surface area (Å²) in [5, 5.41) is 19.0. The number of nitrogens with one attached hydrogen (secondary N) is 2. The maximum absolute atomic E-state index is 14.4. The zero-order valence-electron chi connectivity index (χ0n) is 29.2. The van der Waals surface area contributed by atoms with E-state index in [4.69, 9.17) is 4.74 Å². The van der Waals surface area contributed by atoms with Crippen molar-refractivity contribution < 1.29 is 29.0 Å². The molecule has 0 spiro atoms. The van der Waals surface area contributed by atoms with Gasteiger partial charge in [0.1, 0.15) is 12.1 Å². The number of esters is 1. The molecule has 1 heterocycles. The number of aliphatic hydroxyl groups is 1. The highest BCUT2D eigenvalue weighted by atomic mass is 16.6. The molecule has 9 heteroatoms. The molecule has 5 rings (SSSR count). The van der Waals surface area contributed by atoms with Crippen LogP contribution in [0, 0.1) is 11.8 Å². The number of ether oxygens (including phenoxy) is 1. The van der Waals surface area contributed by atoms with Crippen LogP contribution in [0.1, 0.15) is 94.1 Å². The molecule has 0 saturated heterocycles. The summed E-state index contributed by atoms with van der Waals surface area (Å²) in [6, 6.07) is 18.4. The molecule has 1 unspecified atom stereocenters. The maximum Gasteiger partial charge on any atom is 0.337 e. The van der Waals surface area contributed by atoms with Crippen LogP contribution >= 0.6 is 0 Å². The molecule has 262 valence electrons. The van der Waals surface area contributed by atoms with Gasteiger partial charge < -0.3 is 25.4 Å². The van der Waals surface area contributed by atoms with E-state index >= 15 is 0 Å². The highest BCUT2D eigenvalue weighted by Gasteiger charge is 2.38. The zero-order chi connectivity index (χ0) is 35.1. The fraction of sp³-hybridized carbons (Fsp3) is 0.500. The number of hydrogen-bond acceptors (Lipinski definition) is 6. The third-order valence-corrected chi connectivity index (χ3v) is 9.73. The predicted octanol–water partition coefficient (Wildman–Crippen LogP) is 5.71. The fourth-order valence-electron chi connectivity index (χ4n) is 7.34. The molecule has 1 saturated carbocycles. The largest absolute Gasteiger partial charge is 0.461 e. The summed E-state index contributed by atoms with van der Waals surface area (Å²) in [6.07, 6.45) is 4.29. The van der Waals surface area contributed by atoms with E-state index in [2.05, 4.69) is 10.6 Å². The van der Waals surface area contributed by atoms with Gasteiger partial charge in [-0.05, 0) is 66.5 Å². The van der Waals surface area contributed by atoms with Crippen molar-refractivity contribution in [1.29, 1.82) is 0 Å². The maximum atomic E-state index is 14.4. The molecule has 1 aliphatic carbocycles. The Balaban J connectivity index is 1.41. The Labute approximate surface area is 289 Å². The van der Waals surface area contributed by atoms with E-state index < -0.39 is 48.1 Å². The molecule has 3 aromatic carbocycles. The first kappa shape index (κ1) is 36.1. The lowest BCUT2D eigenvalue weighted by atomic mass is 9.83. The predicted molar refractivity (Wildman–Crippen MR) is 189 cm³/mol.